The van der Waals surface area contributed by atoms with Gasteiger partial charge in [-0.2, -0.15) is 0 Å². The van der Waals surface area contributed by atoms with Crippen LogP contribution in [0, 0.1) is 46.8 Å². The second-order valence-corrected chi connectivity index (χ2v) is 13.2. The van der Waals surface area contributed by atoms with E-state index in [0.717, 1.165) is 56.3 Å². The predicted octanol–water partition coefficient (Wildman–Crippen LogP) is 5.37. The molecule has 1 heterocycles. The van der Waals surface area contributed by atoms with Crippen LogP contribution in [0.25, 0.3) is 0 Å². The van der Waals surface area contributed by atoms with Gasteiger partial charge in [0, 0.05) is 12.3 Å². The summed E-state index contributed by atoms with van der Waals surface area (Å²) in [5.41, 5.74) is 1.09. The van der Waals surface area contributed by atoms with Gasteiger partial charge in [-0.05, 0) is 98.9 Å². The Hall–Kier alpha value is -1.62. The van der Waals surface area contributed by atoms with E-state index in [9.17, 15) is 14.7 Å². The lowest BCUT2D eigenvalue weighted by Crippen LogP contribution is -2.52. The van der Waals surface area contributed by atoms with Gasteiger partial charge < -0.3 is 14.6 Å². The molecule has 1 aliphatic heterocycles. The summed E-state index contributed by atoms with van der Waals surface area (Å²) in [5, 5.41) is 10.0. The molecular formula is C30H42O5. The number of cyclic esters (lactones) is 1. The van der Waals surface area contributed by atoms with Gasteiger partial charge in [-0.15, -0.1) is 0 Å². The zero-order valence-corrected chi connectivity index (χ0v) is 21.4. The Morgan fingerprint density at radius 2 is 1.74 bits per heavy atom. The van der Waals surface area contributed by atoms with Crippen LogP contribution in [0.4, 0.5) is 0 Å². The van der Waals surface area contributed by atoms with Crippen molar-refractivity contribution in [2.75, 3.05) is 0 Å². The number of aliphatic hydroxyl groups is 1. The van der Waals surface area contributed by atoms with Gasteiger partial charge in [-0.25, -0.2) is 0 Å². The third-order valence-corrected chi connectivity index (χ3v) is 10.4. The van der Waals surface area contributed by atoms with Crippen molar-refractivity contribution in [3.8, 4) is 0 Å². The first-order valence-electron chi connectivity index (χ1n) is 14.3. The normalized spacial score (nSPS) is 48.2. The zero-order chi connectivity index (χ0) is 24.3. The molecule has 5 fully saturated rings. The number of hydrogen-bond donors (Lipinski definition) is 1. The van der Waals surface area contributed by atoms with E-state index in [2.05, 4.69) is 32.1 Å². The standard InChI is InChI=1S/C30H42O5/c1-17-7-22-4-3-18(2)25(6-5-24-12-23(31)13-27(32)34-24)28(22)26(8-17)35-29(33)30-14-19-9-20(15-30)11-21(10-19)16-30/h3-4,7,17-21,23-26,28,31H,5-6,8-16H2,1-2H3/t17-,18-,19?,20?,21?,23+,24+,25-,26-,28?,30?/m0/s1. The molecule has 0 amide bonds. The van der Waals surface area contributed by atoms with Gasteiger partial charge in [-0.1, -0.05) is 32.1 Å². The molecule has 6 aliphatic carbocycles. The minimum atomic E-state index is -0.593. The molecule has 5 nitrogen and oxygen atoms in total. The van der Waals surface area contributed by atoms with Crippen molar-refractivity contribution in [2.45, 2.75) is 103 Å². The number of carbonyl (C=O) groups is 2. The number of aliphatic hydroxyl groups excluding tert-OH is 1. The lowest BCUT2D eigenvalue weighted by molar-refractivity contribution is -0.181. The summed E-state index contributed by atoms with van der Waals surface area (Å²) in [6.45, 7) is 4.49. The number of ether oxygens (including phenoxy) is 2. The first kappa shape index (κ1) is 23.8. The molecule has 0 aromatic heterocycles. The van der Waals surface area contributed by atoms with Crippen LogP contribution in [0.5, 0.6) is 0 Å². The topological polar surface area (TPSA) is 72.8 Å². The van der Waals surface area contributed by atoms with Gasteiger partial charge in [0.25, 0.3) is 0 Å². The summed E-state index contributed by atoms with van der Waals surface area (Å²) in [4.78, 5) is 25.7. The van der Waals surface area contributed by atoms with E-state index in [-0.39, 0.29) is 41.9 Å². The molecule has 35 heavy (non-hydrogen) atoms. The van der Waals surface area contributed by atoms with Crippen molar-refractivity contribution in [2.24, 2.45) is 46.8 Å². The van der Waals surface area contributed by atoms with Crippen LogP contribution in [0.2, 0.25) is 0 Å². The predicted molar refractivity (Wildman–Crippen MR) is 132 cm³/mol. The smallest absolute Gasteiger partial charge is 0.312 e. The zero-order valence-electron chi connectivity index (χ0n) is 21.4. The number of rotatable bonds is 5. The van der Waals surface area contributed by atoms with E-state index in [4.69, 9.17) is 9.47 Å². The van der Waals surface area contributed by atoms with Crippen molar-refractivity contribution in [1.29, 1.82) is 0 Å². The second-order valence-electron chi connectivity index (χ2n) is 13.2. The van der Waals surface area contributed by atoms with Crippen LogP contribution < -0.4 is 0 Å². The molecule has 0 spiro atoms. The van der Waals surface area contributed by atoms with Crippen molar-refractivity contribution >= 4 is 11.9 Å². The first-order chi connectivity index (χ1) is 16.8. The minimum absolute atomic E-state index is 0.0811. The fraction of sp³-hybridized carbons (Fsp3) is 0.800. The third kappa shape index (κ3) is 4.51. The quantitative estimate of drug-likeness (QED) is 0.534. The van der Waals surface area contributed by atoms with E-state index in [1.54, 1.807) is 0 Å². The van der Waals surface area contributed by atoms with Crippen LogP contribution >= 0.6 is 0 Å². The molecule has 7 aliphatic rings. The SMILES string of the molecule is C[C@H]1C=C2C=C[C@H](C)[C@H](CC[C@@H]3C[C@@H](O)CC(=O)O3)C2[C@@H](OC(=O)C23CC4CC(CC(C4)C2)C3)C1. The molecule has 192 valence electrons. The Labute approximate surface area is 209 Å². The summed E-state index contributed by atoms with van der Waals surface area (Å²) in [5.74, 6) is 3.30. The van der Waals surface area contributed by atoms with E-state index < -0.39 is 6.10 Å². The van der Waals surface area contributed by atoms with Crippen molar-refractivity contribution < 1.29 is 24.2 Å². The Kier molecular flexibility index (Phi) is 6.14. The molecule has 4 saturated carbocycles. The molecule has 1 unspecified atom stereocenters. The molecular weight excluding hydrogens is 440 g/mol. The highest BCUT2D eigenvalue weighted by Gasteiger charge is 2.56. The largest absolute Gasteiger partial charge is 0.462 e. The number of carbonyl (C=O) groups excluding carboxylic acids is 2. The fourth-order valence-corrected chi connectivity index (χ4v) is 9.26. The molecule has 7 atom stereocenters. The first-order valence-corrected chi connectivity index (χ1v) is 14.3. The third-order valence-electron chi connectivity index (χ3n) is 10.4. The number of esters is 2. The van der Waals surface area contributed by atoms with E-state index in [1.807, 2.05) is 0 Å². The van der Waals surface area contributed by atoms with Gasteiger partial charge in [0.15, 0.2) is 0 Å². The fourth-order valence-electron chi connectivity index (χ4n) is 9.26. The summed E-state index contributed by atoms with van der Waals surface area (Å²) < 4.78 is 12.1. The van der Waals surface area contributed by atoms with Crippen LogP contribution in [0.15, 0.2) is 23.8 Å². The van der Waals surface area contributed by atoms with Crippen molar-refractivity contribution in [3.05, 3.63) is 23.8 Å². The molecule has 1 saturated heterocycles. The Morgan fingerprint density at radius 1 is 1.06 bits per heavy atom. The lowest BCUT2D eigenvalue weighted by atomic mass is 9.49. The number of allylic oxidation sites excluding steroid dienone is 3. The molecule has 4 bridgehead atoms. The summed E-state index contributed by atoms with van der Waals surface area (Å²) in [6, 6.07) is 0. The van der Waals surface area contributed by atoms with Crippen LogP contribution in [0.1, 0.15) is 84.5 Å². The molecule has 1 N–H and O–H groups in total. The van der Waals surface area contributed by atoms with E-state index in [0.29, 0.717) is 24.2 Å². The summed E-state index contributed by atoms with van der Waals surface area (Å²) in [7, 11) is 0. The number of fused-ring (bicyclic) bond motifs is 1. The highest BCUT2D eigenvalue weighted by molar-refractivity contribution is 5.78. The van der Waals surface area contributed by atoms with Crippen molar-refractivity contribution in [3.63, 3.8) is 0 Å². The monoisotopic (exact) mass is 482 g/mol. The average Bonchev–Trinajstić information content (AvgIpc) is 2.77. The number of hydrogen-bond acceptors (Lipinski definition) is 5. The van der Waals surface area contributed by atoms with Crippen LogP contribution in [-0.4, -0.2) is 35.4 Å². The van der Waals surface area contributed by atoms with Gasteiger partial charge in [0.1, 0.15) is 12.2 Å². The molecule has 0 aromatic carbocycles. The van der Waals surface area contributed by atoms with Crippen molar-refractivity contribution in [1.82, 2.24) is 0 Å². The highest BCUT2D eigenvalue weighted by Crippen LogP contribution is 2.61. The Morgan fingerprint density at radius 3 is 2.40 bits per heavy atom. The molecule has 0 aromatic rings. The highest BCUT2D eigenvalue weighted by atomic mass is 16.6. The second kappa shape index (κ2) is 9.04. The molecule has 0 radical (unpaired) electrons. The maximum absolute atomic E-state index is 13.9. The minimum Gasteiger partial charge on any atom is -0.462 e. The summed E-state index contributed by atoms with van der Waals surface area (Å²) >= 11 is 0. The van der Waals surface area contributed by atoms with Gasteiger partial charge in [0.05, 0.1) is 17.9 Å². The molecule has 7 rings (SSSR count). The lowest BCUT2D eigenvalue weighted by Gasteiger charge is -2.55. The van der Waals surface area contributed by atoms with E-state index >= 15 is 0 Å². The Bertz CT molecular complexity index is 882. The van der Waals surface area contributed by atoms with Gasteiger partial charge >= 0.3 is 11.9 Å². The van der Waals surface area contributed by atoms with E-state index in [1.165, 1.54) is 24.8 Å². The maximum atomic E-state index is 13.9. The van der Waals surface area contributed by atoms with Gasteiger partial charge in [0.2, 0.25) is 0 Å². The van der Waals surface area contributed by atoms with Crippen LogP contribution in [0.3, 0.4) is 0 Å². The average molecular weight is 483 g/mol. The maximum Gasteiger partial charge on any atom is 0.312 e. The van der Waals surface area contributed by atoms with Gasteiger partial charge in [-0.3, -0.25) is 9.59 Å². The molecule has 5 heteroatoms. The van der Waals surface area contributed by atoms with Crippen LogP contribution in [-0.2, 0) is 19.1 Å². The Balaban J connectivity index is 1.19. The summed E-state index contributed by atoms with van der Waals surface area (Å²) in [6.07, 6.45) is 16.3.